The lowest BCUT2D eigenvalue weighted by Gasteiger charge is -2.29. The second kappa shape index (κ2) is 5.96. The van der Waals surface area contributed by atoms with Crippen molar-refractivity contribution in [3.05, 3.63) is 29.8 Å². The molecule has 1 fully saturated rings. The quantitative estimate of drug-likeness (QED) is 0.785. The number of fused-ring (bicyclic) bond motifs is 1. The lowest BCUT2D eigenvalue weighted by Crippen LogP contribution is -2.39. The maximum Gasteiger partial charge on any atom is 0.230 e. The summed E-state index contributed by atoms with van der Waals surface area (Å²) in [5.41, 5.74) is 2.46. The summed E-state index contributed by atoms with van der Waals surface area (Å²) in [5, 5.41) is 0. The van der Waals surface area contributed by atoms with Crippen molar-refractivity contribution in [3.63, 3.8) is 0 Å². The van der Waals surface area contributed by atoms with Crippen molar-refractivity contribution in [3.8, 4) is 0 Å². The molecule has 1 atom stereocenters. The minimum atomic E-state index is 0.144. The number of hydrogen-bond acceptors (Lipinski definition) is 2. The van der Waals surface area contributed by atoms with Crippen LogP contribution in [0, 0.1) is 5.92 Å². The molecule has 108 valence electrons. The Hall–Kier alpha value is -1.35. The Balaban J connectivity index is 1.88. The van der Waals surface area contributed by atoms with Gasteiger partial charge in [0.05, 0.1) is 0 Å². The third kappa shape index (κ3) is 2.59. The van der Waals surface area contributed by atoms with Crippen molar-refractivity contribution >= 4 is 11.6 Å². The van der Waals surface area contributed by atoms with Crippen LogP contribution in [-0.4, -0.2) is 25.7 Å². The van der Waals surface area contributed by atoms with Gasteiger partial charge in [0.15, 0.2) is 0 Å². The molecule has 1 amide bonds. The summed E-state index contributed by atoms with van der Waals surface area (Å²) in [6, 6.07) is 8.41. The number of amides is 1. The van der Waals surface area contributed by atoms with Gasteiger partial charge in [0.25, 0.3) is 0 Å². The molecule has 2 aliphatic rings. The summed E-state index contributed by atoms with van der Waals surface area (Å²) in [5.74, 6) is 0.985. The highest BCUT2D eigenvalue weighted by molar-refractivity contribution is 5.96. The molecule has 2 heterocycles. The maximum absolute atomic E-state index is 12.8. The fourth-order valence-corrected chi connectivity index (χ4v) is 3.38. The molecule has 0 spiro atoms. The number of para-hydroxylation sites is 1. The van der Waals surface area contributed by atoms with E-state index in [1.54, 1.807) is 0 Å². The number of carbonyl (C=O) groups excluding carboxylic acids is 1. The molecular formula is C17H23NO2. The molecule has 20 heavy (non-hydrogen) atoms. The van der Waals surface area contributed by atoms with E-state index < -0.39 is 0 Å². The van der Waals surface area contributed by atoms with Crippen molar-refractivity contribution in [1.29, 1.82) is 0 Å². The van der Waals surface area contributed by atoms with Gasteiger partial charge >= 0.3 is 0 Å². The van der Waals surface area contributed by atoms with E-state index in [-0.39, 0.29) is 5.92 Å². The van der Waals surface area contributed by atoms with Gasteiger partial charge in [0, 0.05) is 31.4 Å². The summed E-state index contributed by atoms with van der Waals surface area (Å²) in [6.45, 7) is 4.57. The monoisotopic (exact) mass is 273 g/mol. The second-order valence-corrected chi connectivity index (χ2v) is 5.98. The van der Waals surface area contributed by atoms with Crippen LogP contribution < -0.4 is 4.90 Å². The number of benzene rings is 1. The van der Waals surface area contributed by atoms with Crippen molar-refractivity contribution in [2.75, 3.05) is 24.7 Å². The Morgan fingerprint density at radius 1 is 1.20 bits per heavy atom. The van der Waals surface area contributed by atoms with E-state index >= 15 is 0 Å². The standard InChI is InChI=1S/C17H23NO2/c1-13-5-4-10-18(16-7-3-2-6-15(13)16)17(19)14-8-11-20-12-9-14/h2-3,6-7,13-14H,4-5,8-12H2,1H3/t13-/m1/s1. The Labute approximate surface area is 120 Å². The lowest BCUT2D eigenvalue weighted by molar-refractivity contribution is -0.125. The van der Waals surface area contributed by atoms with Gasteiger partial charge in [0.2, 0.25) is 5.91 Å². The Kier molecular flexibility index (Phi) is 4.06. The molecule has 0 aromatic heterocycles. The fraction of sp³-hybridized carbons (Fsp3) is 0.588. The molecule has 3 heteroatoms. The van der Waals surface area contributed by atoms with Crippen LogP contribution >= 0.6 is 0 Å². The topological polar surface area (TPSA) is 29.5 Å². The summed E-state index contributed by atoms with van der Waals surface area (Å²) in [4.78, 5) is 14.9. The lowest BCUT2D eigenvalue weighted by atomic mass is 9.95. The largest absolute Gasteiger partial charge is 0.381 e. The molecule has 1 saturated heterocycles. The fourth-order valence-electron chi connectivity index (χ4n) is 3.38. The highest BCUT2D eigenvalue weighted by Crippen LogP contribution is 2.35. The minimum absolute atomic E-state index is 0.144. The highest BCUT2D eigenvalue weighted by Gasteiger charge is 2.30. The van der Waals surface area contributed by atoms with Gasteiger partial charge in [-0.15, -0.1) is 0 Å². The molecule has 2 aliphatic heterocycles. The van der Waals surface area contributed by atoms with Crippen molar-refractivity contribution in [1.82, 2.24) is 0 Å². The number of rotatable bonds is 1. The molecule has 0 saturated carbocycles. The first-order chi connectivity index (χ1) is 9.77. The van der Waals surface area contributed by atoms with Gasteiger partial charge in [0.1, 0.15) is 0 Å². The highest BCUT2D eigenvalue weighted by atomic mass is 16.5. The molecule has 0 unspecified atom stereocenters. The van der Waals surface area contributed by atoms with Crippen LogP contribution in [0.3, 0.4) is 0 Å². The number of hydrogen-bond donors (Lipinski definition) is 0. The zero-order valence-corrected chi connectivity index (χ0v) is 12.2. The van der Waals surface area contributed by atoms with Gasteiger partial charge in [-0.1, -0.05) is 25.1 Å². The SMILES string of the molecule is C[C@@H]1CCCN(C(=O)C2CCOCC2)c2ccccc21. The summed E-state index contributed by atoms with van der Waals surface area (Å²) < 4.78 is 5.38. The van der Waals surface area contributed by atoms with E-state index in [1.807, 2.05) is 11.0 Å². The van der Waals surface area contributed by atoms with Crippen LogP contribution in [0.15, 0.2) is 24.3 Å². The van der Waals surface area contributed by atoms with Gasteiger partial charge in [-0.3, -0.25) is 4.79 Å². The smallest absolute Gasteiger partial charge is 0.230 e. The van der Waals surface area contributed by atoms with Crippen LogP contribution in [-0.2, 0) is 9.53 Å². The summed E-state index contributed by atoms with van der Waals surface area (Å²) >= 11 is 0. The zero-order valence-electron chi connectivity index (χ0n) is 12.2. The molecule has 0 radical (unpaired) electrons. The van der Waals surface area contributed by atoms with E-state index in [0.29, 0.717) is 11.8 Å². The Bertz CT molecular complexity index is 480. The zero-order chi connectivity index (χ0) is 13.9. The molecule has 0 aliphatic carbocycles. The Morgan fingerprint density at radius 2 is 1.95 bits per heavy atom. The van der Waals surface area contributed by atoms with Crippen LogP contribution in [0.4, 0.5) is 5.69 Å². The van der Waals surface area contributed by atoms with Gasteiger partial charge in [-0.05, 0) is 43.2 Å². The van der Waals surface area contributed by atoms with Gasteiger partial charge < -0.3 is 9.64 Å². The molecule has 3 nitrogen and oxygen atoms in total. The molecule has 0 N–H and O–H groups in total. The van der Waals surface area contributed by atoms with Crippen molar-refractivity contribution in [2.45, 2.75) is 38.5 Å². The van der Waals surface area contributed by atoms with Crippen molar-refractivity contribution in [2.24, 2.45) is 5.92 Å². The molecule has 1 aromatic rings. The third-order valence-electron chi connectivity index (χ3n) is 4.61. The summed E-state index contributed by atoms with van der Waals surface area (Å²) in [6.07, 6.45) is 3.99. The van der Waals surface area contributed by atoms with Gasteiger partial charge in [-0.25, -0.2) is 0 Å². The number of ether oxygens (including phenoxy) is 1. The van der Waals surface area contributed by atoms with Crippen LogP contribution in [0.1, 0.15) is 44.1 Å². The van der Waals surface area contributed by atoms with Crippen LogP contribution in [0.25, 0.3) is 0 Å². The first kappa shape index (κ1) is 13.6. The number of nitrogens with zero attached hydrogens (tertiary/aromatic N) is 1. The number of carbonyl (C=O) groups is 1. The van der Waals surface area contributed by atoms with Crippen molar-refractivity contribution < 1.29 is 9.53 Å². The molecule has 0 bridgehead atoms. The van der Waals surface area contributed by atoms with Crippen LogP contribution in [0.2, 0.25) is 0 Å². The first-order valence-electron chi connectivity index (χ1n) is 7.75. The second-order valence-electron chi connectivity index (χ2n) is 5.98. The molecule has 1 aromatic carbocycles. The van der Waals surface area contributed by atoms with Crippen LogP contribution in [0.5, 0.6) is 0 Å². The predicted molar refractivity (Wildman–Crippen MR) is 80.0 cm³/mol. The number of anilines is 1. The van der Waals surface area contributed by atoms with E-state index in [2.05, 4.69) is 25.1 Å². The summed E-state index contributed by atoms with van der Waals surface area (Å²) in [7, 11) is 0. The third-order valence-corrected chi connectivity index (χ3v) is 4.61. The molecule has 3 rings (SSSR count). The normalized spacial score (nSPS) is 24.1. The minimum Gasteiger partial charge on any atom is -0.381 e. The maximum atomic E-state index is 12.8. The Morgan fingerprint density at radius 3 is 2.75 bits per heavy atom. The van der Waals surface area contributed by atoms with E-state index in [4.69, 9.17) is 4.74 Å². The average Bonchev–Trinajstić information content (AvgIpc) is 2.67. The average molecular weight is 273 g/mol. The van der Waals surface area contributed by atoms with E-state index in [9.17, 15) is 4.79 Å². The van der Waals surface area contributed by atoms with E-state index in [0.717, 1.165) is 51.1 Å². The molecular weight excluding hydrogens is 250 g/mol. The predicted octanol–water partition coefficient (Wildman–Crippen LogP) is 3.34. The van der Waals surface area contributed by atoms with Gasteiger partial charge in [-0.2, -0.15) is 0 Å². The first-order valence-corrected chi connectivity index (χ1v) is 7.75. The van der Waals surface area contributed by atoms with E-state index in [1.165, 1.54) is 5.56 Å².